The second kappa shape index (κ2) is 8.61. The number of ether oxygens (including phenoxy) is 1. The summed E-state index contributed by atoms with van der Waals surface area (Å²) in [5.74, 6) is 1.90. The summed E-state index contributed by atoms with van der Waals surface area (Å²) in [7, 11) is 0. The molecule has 0 saturated heterocycles. The average Bonchev–Trinajstić information content (AvgIpc) is 3.37. The van der Waals surface area contributed by atoms with Crippen LogP contribution in [0, 0.1) is 0 Å². The Morgan fingerprint density at radius 1 is 0.422 bits per heavy atom. The Hall–Kier alpha value is -5.40. The zero-order valence-corrected chi connectivity index (χ0v) is 25.3. The summed E-state index contributed by atoms with van der Waals surface area (Å²) in [6.07, 6.45) is 0. The molecule has 0 radical (unpaired) electrons. The normalized spacial score (nSPS) is 17.6. The Morgan fingerprint density at radius 2 is 0.978 bits per heavy atom. The van der Waals surface area contributed by atoms with Crippen molar-refractivity contribution in [3.8, 4) is 44.9 Å². The molecule has 0 N–H and O–H groups in total. The highest BCUT2D eigenvalue weighted by atomic mass is 16.5. The van der Waals surface area contributed by atoms with E-state index in [9.17, 15) is 0 Å². The van der Waals surface area contributed by atoms with Crippen molar-refractivity contribution in [2.45, 2.75) is 24.7 Å². The minimum atomic E-state index is -0.400. The molecule has 0 fully saturated rings. The third kappa shape index (κ3) is 3.03. The van der Waals surface area contributed by atoms with Crippen molar-refractivity contribution in [2.75, 3.05) is 0 Å². The summed E-state index contributed by atoms with van der Waals surface area (Å²) in [4.78, 5) is 0. The summed E-state index contributed by atoms with van der Waals surface area (Å²) in [6, 6.07) is 53.9. The fourth-order valence-electron chi connectivity index (χ4n) is 8.79. The monoisotopic (exact) mass is 574 g/mol. The molecule has 1 heterocycles. The minimum absolute atomic E-state index is 0.161. The van der Waals surface area contributed by atoms with Gasteiger partial charge in [-0.15, -0.1) is 0 Å². The summed E-state index contributed by atoms with van der Waals surface area (Å²) >= 11 is 0. The van der Waals surface area contributed by atoms with E-state index in [4.69, 9.17) is 4.74 Å². The standard InChI is InChI=1S/C44H30O/c1-43(2)37-20-7-8-23-40(37)45-42-29(16-11-22-39(42)43)28-24-25-36-33(26-28)31-15-4-6-19-35(31)44(36)34-18-5-3-14-30(34)32-17-9-12-27-13-10-21-38(44)41(27)32/h3-26H,1-2H3. The lowest BCUT2D eigenvalue weighted by Gasteiger charge is -2.40. The molecule has 212 valence electrons. The first-order valence-electron chi connectivity index (χ1n) is 15.9. The maximum Gasteiger partial charge on any atom is 0.139 e. The van der Waals surface area contributed by atoms with Gasteiger partial charge in [-0.2, -0.15) is 0 Å². The topological polar surface area (TPSA) is 9.23 Å². The molecule has 1 aliphatic heterocycles. The van der Waals surface area contributed by atoms with Crippen molar-refractivity contribution in [3.63, 3.8) is 0 Å². The summed E-state index contributed by atoms with van der Waals surface area (Å²) in [6.45, 7) is 4.61. The predicted molar refractivity (Wildman–Crippen MR) is 184 cm³/mol. The third-order valence-corrected chi connectivity index (χ3v) is 10.7. The number of fused-ring (bicyclic) bond motifs is 11. The number of para-hydroxylation sites is 2. The van der Waals surface area contributed by atoms with Gasteiger partial charge in [0.05, 0.1) is 5.41 Å². The van der Waals surface area contributed by atoms with Gasteiger partial charge in [0.15, 0.2) is 0 Å². The van der Waals surface area contributed by atoms with Crippen molar-refractivity contribution < 1.29 is 4.74 Å². The Morgan fingerprint density at radius 3 is 1.78 bits per heavy atom. The molecule has 45 heavy (non-hydrogen) atoms. The number of hydrogen-bond acceptors (Lipinski definition) is 1. The van der Waals surface area contributed by atoms with Crippen LogP contribution in [0.5, 0.6) is 11.5 Å². The van der Waals surface area contributed by atoms with E-state index in [0.717, 1.165) is 17.1 Å². The molecule has 1 nitrogen and oxygen atoms in total. The van der Waals surface area contributed by atoms with E-state index in [1.165, 1.54) is 72.0 Å². The second-order valence-corrected chi connectivity index (χ2v) is 13.2. The van der Waals surface area contributed by atoms with Gasteiger partial charge in [-0.3, -0.25) is 0 Å². The second-order valence-electron chi connectivity index (χ2n) is 13.2. The SMILES string of the molecule is CC1(C)c2ccccc2Oc2c(-c3ccc4c(c3)-c3ccccc3C43c4ccccc4-c4cccc5cccc3c45)cccc21. The van der Waals surface area contributed by atoms with Crippen LogP contribution in [0.1, 0.15) is 47.2 Å². The van der Waals surface area contributed by atoms with Crippen molar-refractivity contribution in [1.29, 1.82) is 0 Å². The fraction of sp³-hybridized carbons (Fsp3) is 0.0909. The third-order valence-electron chi connectivity index (χ3n) is 10.7. The van der Waals surface area contributed by atoms with E-state index < -0.39 is 5.41 Å². The molecule has 1 spiro atoms. The van der Waals surface area contributed by atoms with Crippen molar-refractivity contribution in [3.05, 3.63) is 179 Å². The molecule has 3 aliphatic rings. The van der Waals surface area contributed by atoms with Gasteiger partial charge in [0.2, 0.25) is 0 Å². The first-order chi connectivity index (χ1) is 22.1. The molecule has 0 bridgehead atoms. The number of hydrogen-bond donors (Lipinski definition) is 0. The van der Waals surface area contributed by atoms with Crippen LogP contribution in [0.2, 0.25) is 0 Å². The highest BCUT2D eigenvalue weighted by Gasteiger charge is 2.50. The van der Waals surface area contributed by atoms with Crippen molar-refractivity contribution in [2.24, 2.45) is 0 Å². The van der Waals surface area contributed by atoms with Gasteiger partial charge in [-0.25, -0.2) is 0 Å². The van der Waals surface area contributed by atoms with Crippen LogP contribution >= 0.6 is 0 Å². The smallest absolute Gasteiger partial charge is 0.139 e. The largest absolute Gasteiger partial charge is 0.456 e. The first-order valence-corrected chi connectivity index (χ1v) is 15.9. The lowest BCUT2D eigenvalue weighted by Crippen LogP contribution is -2.31. The summed E-state index contributed by atoms with van der Waals surface area (Å²) in [5.41, 5.74) is 14.9. The van der Waals surface area contributed by atoms with Crippen molar-refractivity contribution in [1.82, 2.24) is 0 Å². The van der Waals surface area contributed by atoms with Crippen molar-refractivity contribution >= 4 is 10.8 Å². The molecule has 1 unspecified atom stereocenters. The van der Waals surface area contributed by atoms with E-state index in [1.54, 1.807) is 0 Å². The van der Waals surface area contributed by atoms with Gasteiger partial charge in [0.1, 0.15) is 11.5 Å². The van der Waals surface area contributed by atoms with Crippen LogP contribution in [0.3, 0.4) is 0 Å². The van der Waals surface area contributed by atoms with Gasteiger partial charge in [0.25, 0.3) is 0 Å². The highest BCUT2D eigenvalue weighted by Crippen LogP contribution is 2.62. The molecular formula is C44H30O. The molecule has 7 aromatic carbocycles. The van der Waals surface area contributed by atoms with Gasteiger partial charge in [-0.1, -0.05) is 147 Å². The van der Waals surface area contributed by atoms with Gasteiger partial charge in [0, 0.05) is 22.1 Å². The average molecular weight is 575 g/mol. The van der Waals surface area contributed by atoms with E-state index >= 15 is 0 Å². The molecule has 1 atom stereocenters. The lowest BCUT2D eigenvalue weighted by atomic mass is 9.61. The molecule has 7 aromatic rings. The number of benzene rings is 7. The highest BCUT2D eigenvalue weighted by molar-refractivity contribution is 6.07. The maximum atomic E-state index is 6.72. The van der Waals surface area contributed by atoms with Crippen LogP contribution in [0.15, 0.2) is 146 Å². The summed E-state index contributed by atoms with van der Waals surface area (Å²) in [5, 5.41) is 2.65. The van der Waals surface area contributed by atoms with Crippen LogP contribution in [-0.4, -0.2) is 0 Å². The van der Waals surface area contributed by atoms with Crippen LogP contribution in [0.25, 0.3) is 44.2 Å². The molecule has 0 amide bonds. The molecular weight excluding hydrogens is 544 g/mol. The fourth-order valence-corrected chi connectivity index (χ4v) is 8.79. The molecule has 10 rings (SSSR count). The van der Waals surface area contributed by atoms with Crippen LogP contribution < -0.4 is 4.74 Å². The van der Waals surface area contributed by atoms with E-state index in [0.29, 0.717) is 0 Å². The molecule has 0 aromatic heterocycles. The molecule has 2 aliphatic carbocycles. The minimum Gasteiger partial charge on any atom is -0.456 e. The van der Waals surface area contributed by atoms with E-state index in [-0.39, 0.29) is 5.41 Å². The van der Waals surface area contributed by atoms with Crippen LogP contribution in [-0.2, 0) is 10.8 Å². The molecule has 0 saturated carbocycles. The van der Waals surface area contributed by atoms with Gasteiger partial charge in [-0.05, 0) is 73.0 Å². The van der Waals surface area contributed by atoms with E-state index in [2.05, 4.69) is 159 Å². The Labute approximate surface area is 263 Å². The quantitative estimate of drug-likeness (QED) is 0.189. The van der Waals surface area contributed by atoms with E-state index in [1.807, 2.05) is 0 Å². The van der Waals surface area contributed by atoms with Crippen LogP contribution in [0.4, 0.5) is 0 Å². The van der Waals surface area contributed by atoms with Gasteiger partial charge < -0.3 is 4.74 Å². The predicted octanol–water partition coefficient (Wildman–Crippen LogP) is 11.3. The Balaban J connectivity index is 1.26. The van der Waals surface area contributed by atoms with Gasteiger partial charge >= 0.3 is 0 Å². The first kappa shape index (κ1) is 25.0. The zero-order chi connectivity index (χ0) is 29.9. The Kier molecular flexibility index (Phi) is 4.78. The summed E-state index contributed by atoms with van der Waals surface area (Å²) < 4.78 is 6.72. The maximum absolute atomic E-state index is 6.72. The number of rotatable bonds is 1. The molecule has 1 heteroatoms. The Bertz CT molecular complexity index is 2390. The zero-order valence-electron chi connectivity index (χ0n) is 25.3. The lowest BCUT2D eigenvalue weighted by molar-refractivity contribution is 0.419.